The Labute approximate surface area is 99.8 Å². The number of amides is 1. The van der Waals surface area contributed by atoms with Gasteiger partial charge < -0.3 is 5.73 Å². The van der Waals surface area contributed by atoms with Crippen LogP contribution in [0.5, 0.6) is 0 Å². The normalized spacial score (nSPS) is 19.5. The number of carbonyl (C=O) groups excluding carboxylic acids is 1. The molecule has 0 spiro atoms. The van der Waals surface area contributed by atoms with Crippen molar-refractivity contribution in [2.45, 2.75) is 30.3 Å². The molecule has 0 saturated carbocycles. The molecular weight excluding hydrogens is 220 g/mol. The largest absolute Gasteiger partial charge is 0.368 e. The number of hydrogen-bond acceptors (Lipinski definition) is 3. The van der Waals surface area contributed by atoms with Gasteiger partial charge in [-0.1, -0.05) is 18.2 Å². The molecule has 1 aliphatic rings. The van der Waals surface area contributed by atoms with E-state index in [9.17, 15) is 4.79 Å². The lowest BCUT2D eigenvalue weighted by atomic mass is 10.0. The summed E-state index contributed by atoms with van der Waals surface area (Å²) in [4.78, 5) is 12.6. The molecule has 0 saturated heterocycles. The predicted molar refractivity (Wildman–Crippen MR) is 66.3 cm³/mol. The monoisotopic (exact) mass is 236 g/mol. The lowest BCUT2D eigenvalue weighted by Gasteiger charge is -2.27. The van der Waals surface area contributed by atoms with Gasteiger partial charge >= 0.3 is 0 Å². The molecule has 3 nitrogen and oxygen atoms in total. The Kier molecular flexibility index (Phi) is 2.95. The van der Waals surface area contributed by atoms with Crippen molar-refractivity contribution in [2.24, 2.45) is 5.73 Å². The Morgan fingerprint density at radius 2 is 2.19 bits per heavy atom. The number of hydrogen-bond donors (Lipinski definition) is 2. The topological polar surface area (TPSA) is 55.1 Å². The third kappa shape index (κ3) is 2.08. The van der Waals surface area contributed by atoms with Gasteiger partial charge in [-0.25, -0.2) is 0 Å². The van der Waals surface area contributed by atoms with E-state index in [1.165, 1.54) is 10.5 Å². The van der Waals surface area contributed by atoms with Crippen LogP contribution >= 0.6 is 11.8 Å². The second kappa shape index (κ2) is 4.11. The highest BCUT2D eigenvalue weighted by Gasteiger charge is 2.31. The van der Waals surface area contributed by atoms with E-state index in [1.54, 1.807) is 0 Å². The first-order valence-electron chi connectivity index (χ1n) is 5.30. The number of primary amides is 1. The average molecular weight is 236 g/mol. The van der Waals surface area contributed by atoms with Gasteiger partial charge in [0.25, 0.3) is 0 Å². The highest BCUT2D eigenvalue weighted by atomic mass is 32.2. The highest BCUT2D eigenvalue weighted by Crippen LogP contribution is 2.38. The fourth-order valence-electron chi connectivity index (χ4n) is 1.79. The maximum absolute atomic E-state index is 11.3. The van der Waals surface area contributed by atoms with Gasteiger partial charge in [0.05, 0.1) is 5.54 Å². The summed E-state index contributed by atoms with van der Waals surface area (Å²) in [6, 6.07) is 8.48. The van der Waals surface area contributed by atoms with Gasteiger partial charge in [-0.3, -0.25) is 10.1 Å². The molecule has 4 heteroatoms. The quantitative estimate of drug-likeness (QED) is 0.839. The van der Waals surface area contributed by atoms with Crippen molar-refractivity contribution in [1.82, 2.24) is 5.32 Å². The molecule has 1 amide bonds. The van der Waals surface area contributed by atoms with Crippen molar-refractivity contribution in [2.75, 3.05) is 5.75 Å². The summed E-state index contributed by atoms with van der Waals surface area (Å²) >= 11 is 1.81. The molecule has 1 aromatic carbocycles. The smallest absolute Gasteiger partial charge is 0.237 e. The van der Waals surface area contributed by atoms with Crippen LogP contribution in [0.4, 0.5) is 0 Å². The van der Waals surface area contributed by atoms with Crippen LogP contribution in [0.1, 0.15) is 25.5 Å². The van der Waals surface area contributed by atoms with Crippen LogP contribution in [0.25, 0.3) is 0 Å². The van der Waals surface area contributed by atoms with Crippen molar-refractivity contribution < 1.29 is 4.79 Å². The van der Waals surface area contributed by atoms with Gasteiger partial charge in [0.15, 0.2) is 0 Å². The maximum atomic E-state index is 11.3. The van der Waals surface area contributed by atoms with Crippen LogP contribution in [0.15, 0.2) is 29.2 Å². The fraction of sp³-hybridized carbons (Fsp3) is 0.417. The second-order valence-corrected chi connectivity index (χ2v) is 5.60. The molecule has 0 aliphatic carbocycles. The van der Waals surface area contributed by atoms with Crippen molar-refractivity contribution in [1.29, 1.82) is 0 Å². The number of nitrogens with one attached hydrogen (secondary N) is 1. The van der Waals surface area contributed by atoms with Crippen LogP contribution in [0.2, 0.25) is 0 Å². The molecule has 0 fully saturated rings. The van der Waals surface area contributed by atoms with E-state index in [0.29, 0.717) is 0 Å². The molecular formula is C12H16N2OS. The molecule has 16 heavy (non-hydrogen) atoms. The van der Waals surface area contributed by atoms with E-state index >= 15 is 0 Å². The zero-order valence-electron chi connectivity index (χ0n) is 9.49. The first-order valence-corrected chi connectivity index (χ1v) is 6.28. The molecule has 1 aromatic rings. The summed E-state index contributed by atoms with van der Waals surface area (Å²) in [5, 5.41) is 3.32. The zero-order valence-corrected chi connectivity index (χ0v) is 10.3. The van der Waals surface area contributed by atoms with Crippen LogP contribution in [0, 0.1) is 0 Å². The lowest BCUT2D eigenvalue weighted by Crippen LogP contribution is -2.51. The van der Waals surface area contributed by atoms with Crippen molar-refractivity contribution in [3.63, 3.8) is 0 Å². The Morgan fingerprint density at radius 3 is 2.88 bits per heavy atom. The minimum atomic E-state index is -0.664. The summed E-state index contributed by atoms with van der Waals surface area (Å²) in [7, 11) is 0. The van der Waals surface area contributed by atoms with E-state index in [0.717, 1.165) is 5.75 Å². The van der Waals surface area contributed by atoms with E-state index < -0.39 is 5.54 Å². The Morgan fingerprint density at radius 1 is 1.50 bits per heavy atom. The summed E-state index contributed by atoms with van der Waals surface area (Å²) in [5.41, 5.74) is 5.96. The van der Waals surface area contributed by atoms with E-state index in [2.05, 4.69) is 17.4 Å². The van der Waals surface area contributed by atoms with Gasteiger partial charge in [-0.2, -0.15) is 0 Å². The molecule has 86 valence electrons. The summed E-state index contributed by atoms with van der Waals surface area (Å²) < 4.78 is 0. The molecule has 0 bridgehead atoms. The third-order valence-electron chi connectivity index (χ3n) is 2.85. The third-order valence-corrected chi connectivity index (χ3v) is 4.03. The van der Waals surface area contributed by atoms with Crippen LogP contribution in [0.3, 0.4) is 0 Å². The Bertz CT molecular complexity index is 417. The van der Waals surface area contributed by atoms with E-state index in [1.807, 2.05) is 37.7 Å². The fourth-order valence-corrected chi connectivity index (χ4v) is 2.95. The van der Waals surface area contributed by atoms with Gasteiger partial charge in [-0.15, -0.1) is 11.8 Å². The Hall–Kier alpha value is -1.00. The molecule has 1 aliphatic heterocycles. The molecule has 1 heterocycles. The van der Waals surface area contributed by atoms with Crippen molar-refractivity contribution in [3.8, 4) is 0 Å². The molecule has 0 radical (unpaired) electrons. The van der Waals surface area contributed by atoms with Crippen LogP contribution < -0.4 is 11.1 Å². The molecule has 2 rings (SSSR count). The van der Waals surface area contributed by atoms with Gasteiger partial charge in [0, 0.05) is 16.7 Å². The number of thioether (sulfide) groups is 1. The number of fused-ring (bicyclic) bond motifs is 1. The average Bonchev–Trinajstić information content (AvgIpc) is 2.61. The minimum Gasteiger partial charge on any atom is -0.368 e. The summed E-state index contributed by atoms with van der Waals surface area (Å²) in [5.74, 6) is 0.637. The van der Waals surface area contributed by atoms with E-state index in [-0.39, 0.29) is 11.9 Å². The summed E-state index contributed by atoms with van der Waals surface area (Å²) in [6.07, 6.45) is 0. The van der Waals surface area contributed by atoms with Gasteiger partial charge in [0.1, 0.15) is 0 Å². The predicted octanol–water partition coefficient (Wildman–Crippen LogP) is 1.69. The number of nitrogens with two attached hydrogens (primary N) is 1. The van der Waals surface area contributed by atoms with Gasteiger partial charge in [0.2, 0.25) is 5.91 Å². The molecule has 1 atom stereocenters. The first-order chi connectivity index (χ1) is 7.50. The van der Waals surface area contributed by atoms with Gasteiger partial charge in [-0.05, 0) is 25.5 Å². The van der Waals surface area contributed by atoms with Crippen LogP contribution in [-0.4, -0.2) is 17.2 Å². The highest BCUT2D eigenvalue weighted by molar-refractivity contribution is 7.99. The Balaban J connectivity index is 2.18. The maximum Gasteiger partial charge on any atom is 0.237 e. The number of benzene rings is 1. The standard InChI is InChI=1S/C12H16N2OS/c1-12(2,11(13)15)14-9-7-16-10-6-4-3-5-8(9)10/h3-6,9,14H,7H2,1-2H3,(H2,13,15). The van der Waals surface area contributed by atoms with Crippen LogP contribution in [-0.2, 0) is 4.79 Å². The minimum absolute atomic E-state index is 0.212. The van der Waals surface area contributed by atoms with E-state index in [4.69, 9.17) is 5.73 Å². The molecule has 0 aromatic heterocycles. The SMILES string of the molecule is CC(C)(NC1CSc2ccccc21)C(N)=O. The molecule has 1 unspecified atom stereocenters. The molecule has 3 N–H and O–H groups in total. The first kappa shape index (κ1) is 11.5. The summed E-state index contributed by atoms with van der Waals surface area (Å²) in [6.45, 7) is 3.64. The van der Waals surface area contributed by atoms with Crippen molar-refractivity contribution in [3.05, 3.63) is 29.8 Å². The van der Waals surface area contributed by atoms with Crippen molar-refractivity contribution >= 4 is 17.7 Å². The number of rotatable bonds is 3. The second-order valence-electron chi connectivity index (χ2n) is 4.54. The zero-order chi connectivity index (χ0) is 11.8. The number of carbonyl (C=O) groups is 1. The lowest BCUT2D eigenvalue weighted by molar-refractivity contribution is -0.123.